The van der Waals surface area contributed by atoms with Crippen LogP contribution in [0.5, 0.6) is 0 Å². The van der Waals surface area contributed by atoms with Gasteiger partial charge in [-0.25, -0.2) is 0 Å². The molecule has 2 nitrogen and oxygen atoms in total. The second-order valence-electron chi connectivity index (χ2n) is 9.42. The quantitative estimate of drug-likeness (QED) is 0.227. The fourth-order valence-corrected chi connectivity index (χ4v) is 5.53. The molecule has 0 bridgehead atoms. The summed E-state index contributed by atoms with van der Waals surface area (Å²) in [4.78, 5) is 10.1. The number of rotatable bonds is 7. The maximum atomic E-state index is 5.15. The lowest BCUT2D eigenvalue weighted by Crippen LogP contribution is -2.32. The third-order valence-electron chi connectivity index (χ3n) is 7.24. The summed E-state index contributed by atoms with van der Waals surface area (Å²) in [5, 5.41) is 0. The summed E-state index contributed by atoms with van der Waals surface area (Å²) < 4.78 is 0. The van der Waals surface area contributed by atoms with E-state index in [-0.39, 0.29) is 5.92 Å². The second kappa shape index (κ2) is 10.7. The van der Waals surface area contributed by atoms with E-state index in [0.717, 1.165) is 28.1 Å². The molecule has 0 saturated heterocycles. The Morgan fingerprint density at radius 3 is 1.37 bits per heavy atom. The summed E-state index contributed by atoms with van der Waals surface area (Å²) in [6, 6.07) is 53.0. The van der Waals surface area contributed by atoms with E-state index in [1.807, 2.05) is 18.5 Å². The van der Waals surface area contributed by atoms with Crippen LogP contribution in [-0.4, -0.2) is 9.97 Å². The van der Waals surface area contributed by atoms with Crippen molar-refractivity contribution >= 4 is 0 Å². The van der Waals surface area contributed by atoms with E-state index in [1.54, 1.807) is 0 Å². The Morgan fingerprint density at radius 2 is 0.921 bits per heavy atom. The SMILES string of the molecule is c1ccc(C(c2ccccc2)c2ccc(C(c3ccccc3)(c3ccccc3)c3ccccn3)cn2)cc1. The molecule has 6 rings (SSSR count). The Hall–Kier alpha value is -4.82. The predicted molar refractivity (Wildman–Crippen MR) is 154 cm³/mol. The van der Waals surface area contributed by atoms with Gasteiger partial charge in [-0.1, -0.05) is 133 Å². The molecule has 0 unspecified atom stereocenters. The van der Waals surface area contributed by atoms with Gasteiger partial charge in [-0.2, -0.15) is 0 Å². The van der Waals surface area contributed by atoms with E-state index >= 15 is 0 Å². The summed E-state index contributed by atoms with van der Waals surface area (Å²) in [6.07, 6.45) is 3.92. The van der Waals surface area contributed by atoms with E-state index < -0.39 is 5.41 Å². The summed E-state index contributed by atoms with van der Waals surface area (Å²) >= 11 is 0. The average Bonchev–Trinajstić information content (AvgIpc) is 3.01. The van der Waals surface area contributed by atoms with Gasteiger partial charge in [0, 0.05) is 12.4 Å². The first-order chi connectivity index (χ1) is 18.9. The summed E-state index contributed by atoms with van der Waals surface area (Å²) in [6.45, 7) is 0. The molecular formula is C36H28N2. The Labute approximate surface area is 224 Å². The maximum Gasteiger partial charge on any atom is 0.0888 e. The number of benzene rings is 4. The molecule has 0 aliphatic carbocycles. The zero-order chi connectivity index (χ0) is 25.6. The lowest BCUT2D eigenvalue weighted by molar-refractivity contribution is 0.707. The maximum absolute atomic E-state index is 5.15. The van der Waals surface area contributed by atoms with Crippen LogP contribution in [0.1, 0.15) is 45.1 Å². The van der Waals surface area contributed by atoms with Crippen molar-refractivity contribution in [2.75, 3.05) is 0 Å². The molecule has 6 aromatic rings. The molecule has 0 aliphatic heterocycles. The highest BCUT2D eigenvalue weighted by Gasteiger charge is 2.40. The molecule has 2 heteroatoms. The molecule has 2 aromatic heterocycles. The molecule has 0 N–H and O–H groups in total. The third-order valence-corrected chi connectivity index (χ3v) is 7.24. The van der Waals surface area contributed by atoms with Crippen LogP contribution in [0.15, 0.2) is 164 Å². The average molecular weight is 489 g/mol. The molecule has 38 heavy (non-hydrogen) atoms. The van der Waals surface area contributed by atoms with E-state index in [2.05, 4.69) is 146 Å². The normalized spacial score (nSPS) is 11.4. The molecule has 2 heterocycles. The van der Waals surface area contributed by atoms with E-state index in [0.29, 0.717) is 0 Å². The van der Waals surface area contributed by atoms with Gasteiger partial charge in [-0.3, -0.25) is 9.97 Å². The number of nitrogens with zero attached hydrogens (tertiary/aromatic N) is 2. The molecule has 182 valence electrons. The van der Waals surface area contributed by atoms with Crippen molar-refractivity contribution in [1.82, 2.24) is 9.97 Å². The molecule has 0 amide bonds. The highest BCUT2D eigenvalue weighted by atomic mass is 14.7. The van der Waals surface area contributed by atoms with Gasteiger partial charge in [-0.05, 0) is 46.0 Å². The van der Waals surface area contributed by atoms with Crippen LogP contribution < -0.4 is 0 Å². The summed E-state index contributed by atoms with van der Waals surface area (Å²) in [5.41, 5.74) is 7.21. The second-order valence-corrected chi connectivity index (χ2v) is 9.42. The first-order valence-electron chi connectivity index (χ1n) is 13.0. The topological polar surface area (TPSA) is 25.8 Å². The van der Waals surface area contributed by atoms with Crippen LogP contribution in [-0.2, 0) is 5.41 Å². The van der Waals surface area contributed by atoms with Gasteiger partial charge in [0.1, 0.15) is 0 Å². The zero-order valence-electron chi connectivity index (χ0n) is 21.1. The molecular weight excluding hydrogens is 460 g/mol. The standard InChI is InChI=1S/C36H28N2/c1-5-15-28(16-6-1)35(29-17-7-2-8-18-29)33-25-24-32(27-38-33)36(30-19-9-3-10-20-30,31-21-11-4-12-22-31)34-23-13-14-26-37-34/h1-27,35H. The monoisotopic (exact) mass is 488 g/mol. The van der Waals surface area contributed by atoms with Crippen molar-refractivity contribution in [3.8, 4) is 0 Å². The van der Waals surface area contributed by atoms with E-state index in [4.69, 9.17) is 9.97 Å². The number of hydrogen-bond acceptors (Lipinski definition) is 2. The number of hydrogen-bond donors (Lipinski definition) is 0. The minimum absolute atomic E-state index is 0.0455. The largest absolute Gasteiger partial charge is 0.260 e. The van der Waals surface area contributed by atoms with Crippen LogP contribution in [0, 0.1) is 0 Å². The van der Waals surface area contributed by atoms with Crippen molar-refractivity contribution in [2.45, 2.75) is 11.3 Å². The van der Waals surface area contributed by atoms with E-state index in [9.17, 15) is 0 Å². The Kier molecular flexibility index (Phi) is 6.61. The van der Waals surface area contributed by atoms with E-state index in [1.165, 1.54) is 11.1 Å². The van der Waals surface area contributed by atoms with Gasteiger partial charge < -0.3 is 0 Å². The van der Waals surface area contributed by atoms with Crippen molar-refractivity contribution < 1.29 is 0 Å². The zero-order valence-corrected chi connectivity index (χ0v) is 21.1. The third kappa shape index (κ3) is 4.31. The smallest absolute Gasteiger partial charge is 0.0888 e. The molecule has 4 aromatic carbocycles. The van der Waals surface area contributed by atoms with Gasteiger partial charge in [0.05, 0.1) is 22.7 Å². The Morgan fingerprint density at radius 1 is 0.421 bits per heavy atom. The molecule has 0 saturated carbocycles. The first-order valence-corrected chi connectivity index (χ1v) is 13.0. The molecule has 0 fully saturated rings. The van der Waals surface area contributed by atoms with Gasteiger partial charge in [0.2, 0.25) is 0 Å². The van der Waals surface area contributed by atoms with Gasteiger partial charge in [0.25, 0.3) is 0 Å². The van der Waals surface area contributed by atoms with Crippen molar-refractivity contribution in [3.63, 3.8) is 0 Å². The number of aromatic nitrogens is 2. The Balaban J connectivity index is 1.56. The van der Waals surface area contributed by atoms with Crippen LogP contribution >= 0.6 is 0 Å². The Bertz CT molecular complexity index is 1430. The van der Waals surface area contributed by atoms with Crippen molar-refractivity contribution in [3.05, 3.63) is 203 Å². The lowest BCUT2D eigenvalue weighted by Gasteiger charge is -2.35. The van der Waals surface area contributed by atoms with Crippen molar-refractivity contribution in [1.29, 1.82) is 0 Å². The fourth-order valence-electron chi connectivity index (χ4n) is 5.53. The highest BCUT2D eigenvalue weighted by Crippen LogP contribution is 2.44. The van der Waals surface area contributed by atoms with Crippen LogP contribution in [0.25, 0.3) is 0 Å². The van der Waals surface area contributed by atoms with Gasteiger partial charge in [-0.15, -0.1) is 0 Å². The summed E-state index contributed by atoms with van der Waals surface area (Å²) in [5.74, 6) is 0.0455. The lowest BCUT2D eigenvalue weighted by atomic mass is 9.67. The fraction of sp³-hybridized carbons (Fsp3) is 0.0556. The predicted octanol–water partition coefficient (Wildman–Crippen LogP) is 8.04. The van der Waals surface area contributed by atoms with Crippen molar-refractivity contribution in [2.24, 2.45) is 0 Å². The van der Waals surface area contributed by atoms with Gasteiger partial charge >= 0.3 is 0 Å². The molecule has 0 radical (unpaired) electrons. The van der Waals surface area contributed by atoms with Gasteiger partial charge in [0.15, 0.2) is 0 Å². The minimum Gasteiger partial charge on any atom is -0.260 e. The van der Waals surface area contributed by atoms with Crippen LogP contribution in [0.2, 0.25) is 0 Å². The molecule has 0 atom stereocenters. The minimum atomic E-state index is -0.607. The first kappa shape index (κ1) is 23.6. The highest BCUT2D eigenvalue weighted by molar-refractivity contribution is 5.57. The molecule has 0 aliphatic rings. The molecule has 0 spiro atoms. The summed E-state index contributed by atoms with van der Waals surface area (Å²) in [7, 11) is 0. The number of pyridine rings is 2. The van der Waals surface area contributed by atoms with Crippen LogP contribution in [0.4, 0.5) is 0 Å². The van der Waals surface area contributed by atoms with Crippen LogP contribution in [0.3, 0.4) is 0 Å².